The van der Waals surface area contributed by atoms with Crippen molar-refractivity contribution in [3.05, 3.63) is 29.6 Å². The van der Waals surface area contributed by atoms with E-state index < -0.39 is 5.60 Å². The van der Waals surface area contributed by atoms with E-state index in [0.717, 1.165) is 31.4 Å². The van der Waals surface area contributed by atoms with Gasteiger partial charge in [0.2, 0.25) is 0 Å². The van der Waals surface area contributed by atoms with Crippen LogP contribution >= 0.6 is 0 Å². The topological polar surface area (TPSA) is 35.5 Å². The highest BCUT2D eigenvalue weighted by Crippen LogP contribution is 2.32. The van der Waals surface area contributed by atoms with Crippen molar-refractivity contribution in [3.63, 3.8) is 0 Å². The molecule has 2 rings (SSSR count). The SMILES string of the molecule is CC(C)NCc1c(F)cccc1N(C)CC1(O)CCCC1. The largest absolute Gasteiger partial charge is 0.388 e. The fraction of sp³-hybridized carbons (Fsp3) is 0.647. The summed E-state index contributed by atoms with van der Waals surface area (Å²) in [5.41, 5.74) is 0.919. The van der Waals surface area contributed by atoms with Gasteiger partial charge in [-0.15, -0.1) is 0 Å². The third-order valence-corrected chi connectivity index (χ3v) is 4.26. The van der Waals surface area contributed by atoms with E-state index in [0.29, 0.717) is 24.7 Å². The summed E-state index contributed by atoms with van der Waals surface area (Å²) in [6.45, 7) is 5.16. The zero-order chi connectivity index (χ0) is 15.5. The average molecular weight is 294 g/mol. The Morgan fingerprint density at radius 1 is 1.33 bits per heavy atom. The molecule has 0 bridgehead atoms. The first-order valence-corrected chi connectivity index (χ1v) is 7.85. The van der Waals surface area contributed by atoms with Gasteiger partial charge in [-0.1, -0.05) is 32.8 Å². The zero-order valence-electron chi connectivity index (χ0n) is 13.3. The molecule has 1 fully saturated rings. The Labute approximate surface area is 127 Å². The van der Waals surface area contributed by atoms with Crippen molar-refractivity contribution in [2.24, 2.45) is 0 Å². The van der Waals surface area contributed by atoms with Gasteiger partial charge in [0.25, 0.3) is 0 Å². The molecule has 0 aliphatic heterocycles. The number of aliphatic hydroxyl groups is 1. The van der Waals surface area contributed by atoms with Gasteiger partial charge in [-0.25, -0.2) is 4.39 Å². The molecule has 2 N–H and O–H groups in total. The molecule has 118 valence electrons. The van der Waals surface area contributed by atoms with Crippen LogP contribution in [-0.4, -0.2) is 30.3 Å². The number of halogens is 1. The van der Waals surface area contributed by atoms with Crippen LogP contribution in [0.2, 0.25) is 0 Å². The molecule has 0 aromatic heterocycles. The van der Waals surface area contributed by atoms with Crippen molar-refractivity contribution in [1.29, 1.82) is 0 Å². The summed E-state index contributed by atoms with van der Waals surface area (Å²) >= 11 is 0. The van der Waals surface area contributed by atoms with Crippen LogP contribution < -0.4 is 10.2 Å². The van der Waals surface area contributed by atoms with Crippen molar-refractivity contribution in [3.8, 4) is 0 Å². The molecule has 1 aromatic carbocycles. The summed E-state index contributed by atoms with van der Waals surface area (Å²) in [6, 6.07) is 5.47. The average Bonchev–Trinajstić information content (AvgIpc) is 2.83. The molecule has 0 atom stereocenters. The van der Waals surface area contributed by atoms with E-state index in [1.807, 2.05) is 31.9 Å². The van der Waals surface area contributed by atoms with Crippen LogP contribution in [-0.2, 0) is 6.54 Å². The highest BCUT2D eigenvalue weighted by Gasteiger charge is 2.32. The van der Waals surface area contributed by atoms with Crippen molar-refractivity contribution in [2.75, 3.05) is 18.5 Å². The third-order valence-electron chi connectivity index (χ3n) is 4.26. The van der Waals surface area contributed by atoms with Crippen LogP contribution in [0.15, 0.2) is 18.2 Å². The molecule has 0 saturated heterocycles. The Balaban J connectivity index is 2.15. The maximum absolute atomic E-state index is 14.1. The van der Waals surface area contributed by atoms with E-state index in [-0.39, 0.29) is 5.82 Å². The molecule has 1 aliphatic carbocycles. The summed E-state index contributed by atoms with van der Waals surface area (Å²) in [4.78, 5) is 1.99. The van der Waals surface area contributed by atoms with Crippen molar-refractivity contribution in [2.45, 2.75) is 57.7 Å². The minimum atomic E-state index is -0.621. The highest BCUT2D eigenvalue weighted by molar-refractivity contribution is 5.54. The van der Waals surface area contributed by atoms with Gasteiger partial charge in [-0.3, -0.25) is 0 Å². The van der Waals surface area contributed by atoms with Crippen LogP contribution in [0.4, 0.5) is 10.1 Å². The number of hydrogen-bond acceptors (Lipinski definition) is 3. The molecule has 0 spiro atoms. The number of rotatable bonds is 6. The monoisotopic (exact) mass is 294 g/mol. The van der Waals surface area contributed by atoms with Gasteiger partial charge >= 0.3 is 0 Å². The number of nitrogens with one attached hydrogen (secondary N) is 1. The Bertz CT molecular complexity index is 470. The lowest BCUT2D eigenvalue weighted by Gasteiger charge is -2.31. The van der Waals surface area contributed by atoms with E-state index in [4.69, 9.17) is 0 Å². The van der Waals surface area contributed by atoms with E-state index in [1.54, 1.807) is 6.07 Å². The minimum absolute atomic E-state index is 0.189. The molecule has 21 heavy (non-hydrogen) atoms. The summed E-state index contributed by atoms with van der Waals surface area (Å²) in [5, 5.41) is 13.8. The molecular formula is C17H27FN2O. The summed E-state index contributed by atoms with van der Waals surface area (Å²) < 4.78 is 14.1. The van der Waals surface area contributed by atoms with Gasteiger partial charge in [0.1, 0.15) is 5.82 Å². The van der Waals surface area contributed by atoms with Gasteiger partial charge in [-0.2, -0.15) is 0 Å². The van der Waals surface area contributed by atoms with Crippen LogP contribution in [0.25, 0.3) is 0 Å². The van der Waals surface area contributed by atoms with Gasteiger partial charge in [0, 0.05) is 37.4 Å². The van der Waals surface area contributed by atoms with Gasteiger partial charge in [0.15, 0.2) is 0 Å². The second-order valence-electron chi connectivity index (χ2n) is 6.56. The lowest BCUT2D eigenvalue weighted by molar-refractivity contribution is 0.0559. The number of likely N-dealkylation sites (N-methyl/N-ethyl adjacent to an activating group) is 1. The molecular weight excluding hydrogens is 267 g/mol. The van der Waals surface area contributed by atoms with Crippen LogP contribution in [0.3, 0.4) is 0 Å². The minimum Gasteiger partial charge on any atom is -0.388 e. The molecule has 0 amide bonds. The molecule has 4 heteroatoms. The standard InChI is InChI=1S/C17H27FN2O/c1-13(2)19-11-14-15(18)7-6-8-16(14)20(3)12-17(21)9-4-5-10-17/h6-8,13,19,21H,4-5,9-12H2,1-3H3. The van der Waals surface area contributed by atoms with Crippen molar-refractivity contribution < 1.29 is 9.50 Å². The summed E-state index contributed by atoms with van der Waals surface area (Å²) in [7, 11) is 1.93. The van der Waals surface area contributed by atoms with Crippen LogP contribution in [0.5, 0.6) is 0 Å². The van der Waals surface area contributed by atoms with Crippen LogP contribution in [0.1, 0.15) is 45.1 Å². The maximum Gasteiger partial charge on any atom is 0.129 e. The summed E-state index contributed by atoms with van der Waals surface area (Å²) in [5.74, 6) is -0.189. The Morgan fingerprint density at radius 3 is 2.62 bits per heavy atom. The van der Waals surface area contributed by atoms with Gasteiger partial charge in [-0.05, 0) is 25.0 Å². The first-order valence-electron chi connectivity index (χ1n) is 7.85. The molecule has 0 heterocycles. The maximum atomic E-state index is 14.1. The normalized spacial score (nSPS) is 17.4. The summed E-state index contributed by atoms with van der Waals surface area (Å²) in [6.07, 6.45) is 3.84. The second-order valence-corrected chi connectivity index (χ2v) is 6.56. The van der Waals surface area contributed by atoms with Crippen molar-refractivity contribution >= 4 is 5.69 Å². The van der Waals surface area contributed by atoms with E-state index in [1.165, 1.54) is 6.07 Å². The Kier molecular flexibility index (Phi) is 5.22. The van der Waals surface area contributed by atoms with Gasteiger partial charge in [0.05, 0.1) is 5.60 Å². The fourth-order valence-corrected chi connectivity index (χ4v) is 3.10. The van der Waals surface area contributed by atoms with Crippen molar-refractivity contribution in [1.82, 2.24) is 5.32 Å². The first kappa shape index (κ1) is 16.2. The van der Waals surface area contributed by atoms with Gasteiger partial charge < -0.3 is 15.3 Å². The lowest BCUT2D eigenvalue weighted by Crippen LogP contribution is -2.40. The first-order chi connectivity index (χ1) is 9.91. The van der Waals surface area contributed by atoms with E-state index >= 15 is 0 Å². The number of nitrogens with zero attached hydrogens (tertiary/aromatic N) is 1. The predicted molar refractivity (Wildman–Crippen MR) is 85.1 cm³/mol. The molecule has 0 unspecified atom stereocenters. The molecule has 1 aliphatic rings. The quantitative estimate of drug-likeness (QED) is 0.846. The van der Waals surface area contributed by atoms with Crippen LogP contribution in [0, 0.1) is 5.82 Å². The lowest BCUT2D eigenvalue weighted by atomic mass is 10.0. The molecule has 1 aromatic rings. The number of hydrogen-bond donors (Lipinski definition) is 2. The predicted octanol–water partition coefficient (Wildman–Crippen LogP) is 3.07. The molecule has 0 radical (unpaired) electrons. The van der Waals surface area contributed by atoms with E-state index in [2.05, 4.69) is 5.32 Å². The number of anilines is 1. The number of benzene rings is 1. The second kappa shape index (κ2) is 6.75. The third kappa shape index (κ3) is 4.17. The van der Waals surface area contributed by atoms with E-state index in [9.17, 15) is 9.50 Å². The Morgan fingerprint density at radius 2 is 2.00 bits per heavy atom. The fourth-order valence-electron chi connectivity index (χ4n) is 3.10. The molecule has 3 nitrogen and oxygen atoms in total. The smallest absolute Gasteiger partial charge is 0.129 e. The Hall–Kier alpha value is -1.13. The molecule has 1 saturated carbocycles. The zero-order valence-corrected chi connectivity index (χ0v) is 13.3. The highest BCUT2D eigenvalue weighted by atomic mass is 19.1.